The van der Waals surface area contributed by atoms with Gasteiger partial charge in [-0.15, -0.1) is 11.3 Å². The summed E-state index contributed by atoms with van der Waals surface area (Å²) in [6.45, 7) is 5.69. The number of hydrogen-bond donors (Lipinski definition) is 1. The maximum Gasteiger partial charge on any atom is 0.253 e. The van der Waals surface area contributed by atoms with Gasteiger partial charge in [0.25, 0.3) is 5.91 Å². The van der Waals surface area contributed by atoms with E-state index in [2.05, 4.69) is 40.4 Å². The van der Waals surface area contributed by atoms with Crippen LogP contribution in [0.1, 0.15) is 58.7 Å². The number of nitrogens with zero attached hydrogens (tertiary/aromatic N) is 1. The van der Waals surface area contributed by atoms with Gasteiger partial charge in [-0.3, -0.25) is 4.79 Å². The molecule has 128 valence electrons. The van der Waals surface area contributed by atoms with Crippen molar-refractivity contribution in [3.8, 4) is 0 Å². The van der Waals surface area contributed by atoms with Gasteiger partial charge in [0.1, 0.15) is 0 Å². The topological polar surface area (TPSA) is 34.0 Å². The Balaban J connectivity index is 1.61. The minimum absolute atomic E-state index is 0.0527. The van der Waals surface area contributed by atoms with Gasteiger partial charge in [-0.1, -0.05) is 17.7 Å². The van der Waals surface area contributed by atoms with Crippen molar-refractivity contribution in [2.24, 2.45) is 0 Å². The van der Waals surface area contributed by atoms with Gasteiger partial charge in [0.15, 0.2) is 0 Å². The van der Waals surface area contributed by atoms with Crippen molar-refractivity contribution in [2.75, 3.05) is 6.54 Å². The number of aromatic nitrogens is 1. The molecule has 2 aromatic heterocycles. The summed E-state index contributed by atoms with van der Waals surface area (Å²) in [5.41, 5.74) is 4.50. The number of carbonyl (C=O) groups excluding carboxylic acids is 1. The Morgan fingerprint density at radius 3 is 2.92 bits per heavy atom. The lowest BCUT2D eigenvalue weighted by molar-refractivity contribution is 0.0953. The van der Waals surface area contributed by atoms with Gasteiger partial charge in [0.05, 0.1) is 12.1 Å². The second-order valence-corrected chi connectivity index (χ2v) is 7.60. The summed E-state index contributed by atoms with van der Waals surface area (Å²) in [6.07, 6.45) is 8.34. The molecule has 3 nitrogen and oxygen atoms in total. The van der Waals surface area contributed by atoms with E-state index in [0.29, 0.717) is 0 Å². The number of hydrogen-bond acceptors (Lipinski definition) is 2. The maximum absolute atomic E-state index is 12.5. The molecule has 0 aliphatic heterocycles. The van der Waals surface area contributed by atoms with Crippen LogP contribution in [0.15, 0.2) is 35.2 Å². The van der Waals surface area contributed by atoms with E-state index in [1.807, 2.05) is 13.0 Å². The largest absolute Gasteiger partial charge is 0.352 e. The lowest BCUT2D eigenvalue weighted by atomic mass is 9.97. The zero-order valence-corrected chi connectivity index (χ0v) is 15.4. The first kappa shape index (κ1) is 17.0. The van der Waals surface area contributed by atoms with E-state index in [4.69, 9.17) is 0 Å². The zero-order valence-electron chi connectivity index (χ0n) is 14.6. The summed E-state index contributed by atoms with van der Waals surface area (Å²) in [5.74, 6) is 0.0527. The first-order valence-electron chi connectivity index (χ1n) is 8.80. The second-order valence-electron chi connectivity index (χ2n) is 6.56. The number of rotatable bonds is 6. The van der Waals surface area contributed by atoms with Crippen molar-refractivity contribution in [3.05, 3.63) is 57.1 Å². The van der Waals surface area contributed by atoms with Crippen LogP contribution < -0.4 is 5.32 Å². The molecule has 4 heteroatoms. The maximum atomic E-state index is 12.5. The number of allylic oxidation sites excluding steroid dienone is 1. The smallest absolute Gasteiger partial charge is 0.253 e. The van der Waals surface area contributed by atoms with Gasteiger partial charge in [0.2, 0.25) is 0 Å². The Bertz CT molecular complexity index is 725. The Morgan fingerprint density at radius 2 is 2.21 bits per heavy atom. The highest BCUT2D eigenvalue weighted by Gasteiger charge is 2.16. The van der Waals surface area contributed by atoms with E-state index >= 15 is 0 Å². The van der Waals surface area contributed by atoms with Crippen molar-refractivity contribution in [1.29, 1.82) is 0 Å². The molecule has 0 bridgehead atoms. The molecule has 0 unspecified atom stereocenters. The van der Waals surface area contributed by atoms with E-state index in [1.54, 1.807) is 11.3 Å². The monoisotopic (exact) mass is 342 g/mol. The third kappa shape index (κ3) is 3.99. The fraction of sp³-hybridized carbons (Fsp3) is 0.450. The van der Waals surface area contributed by atoms with Gasteiger partial charge in [-0.25, -0.2) is 0 Å². The van der Waals surface area contributed by atoms with E-state index in [9.17, 15) is 4.79 Å². The summed E-state index contributed by atoms with van der Waals surface area (Å²) >= 11 is 1.75. The molecule has 0 spiro atoms. The molecule has 0 radical (unpaired) electrons. The molecule has 0 saturated carbocycles. The van der Waals surface area contributed by atoms with Gasteiger partial charge in [-0.2, -0.15) is 0 Å². The van der Waals surface area contributed by atoms with Crippen LogP contribution in [-0.2, 0) is 6.54 Å². The quantitative estimate of drug-likeness (QED) is 0.749. The average molecular weight is 343 g/mol. The van der Waals surface area contributed by atoms with Crippen LogP contribution in [0, 0.1) is 13.8 Å². The van der Waals surface area contributed by atoms with Crippen molar-refractivity contribution in [2.45, 2.75) is 52.5 Å². The van der Waals surface area contributed by atoms with Crippen LogP contribution in [0.3, 0.4) is 0 Å². The van der Waals surface area contributed by atoms with Crippen LogP contribution in [-0.4, -0.2) is 17.0 Å². The average Bonchev–Trinajstić information content (AvgIpc) is 3.19. The Kier molecular flexibility index (Phi) is 5.56. The molecule has 0 atom stereocenters. The molecule has 2 aromatic rings. The standard InChI is InChI=1S/C20H26N2OS/c1-15-13-19(16(2)22(15)14-18-9-6-12-24-18)20(23)21-11-10-17-7-4-3-5-8-17/h6-7,9,12-13H,3-5,8,10-11,14H2,1-2H3,(H,21,23). The summed E-state index contributed by atoms with van der Waals surface area (Å²) < 4.78 is 2.23. The number of aryl methyl sites for hydroxylation is 1. The third-order valence-electron chi connectivity index (χ3n) is 4.83. The van der Waals surface area contributed by atoms with Crippen molar-refractivity contribution in [3.63, 3.8) is 0 Å². The lowest BCUT2D eigenvalue weighted by Crippen LogP contribution is -2.25. The fourth-order valence-electron chi connectivity index (χ4n) is 3.40. The highest BCUT2D eigenvalue weighted by molar-refractivity contribution is 7.09. The highest BCUT2D eigenvalue weighted by Crippen LogP contribution is 2.21. The van der Waals surface area contributed by atoms with Crippen molar-refractivity contribution >= 4 is 17.2 Å². The van der Waals surface area contributed by atoms with Gasteiger partial charge >= 0.3 is 0 Å². The second kappa shape index (κ2) is 7.84. The number of thiophene rings is 1. The van der Waals surface area contributed by atoms with Gasteiger partial charge in [0, 0.05) is 22.8 Å². The van der Waals surface area contributed by atoms with Gasteiger partial charge in [-0.05, 0) is 63.5 Å². The molecule has 1 aliphatic rings. The first-order valence-corrected chi connectivity index (χ1v) is 9.68. The minimum Gasteiger partial charge on any atom is -0.352 e. The van der Waals surface area contributed by atoms with E-state index in [0.717, 1.165) is 36.5 Å². The lowest BCUT2D eigenvalue weighted by Gasteiger charge is -2.13. The molecule has 0 aromatic carbocycles. The number of amides is 1. The van der Waals surface area contributed by atoms with Crippen LogP contribution in [0.25, 0.3) is 0 Å². The number of nitrogens with one attached hydrogen (secondary N) is 1. The normalized spacial score (nSPS) is 14.5. The highest BCUT2D eigenvalue weighted by atomic mass is 32.1. The molecule has 3 rings (SSSR count). The van der Waals surface area contributed by atoms with Crippen LogP contribution in [0.2, 0.25) is 0 Å². The zero-order chi connectivity index (χ0) is 16.9. The van der Waals surface area contributed by atoms with E-state index < -0.39 is 0 Å². The Labute approximate surface area is 148 Å². The van der Waals surface area contributed by atoms with Gasteiger partial charge < -0.3 is 9.88 Å². The molecule has 1 amide bonds. The summed E-state index contributed by atoms with van der Waals surface area (Å²) in [5, 5.41) is 5.19. The number of carbonyl (C=O) groups is 1. The molecule has 2 heterocycles. The van der Waals surface area contributed by atoms with Crippen LogP contribution >= 0.6 is 11.3 Å². The third-order valence-corrected chi connectivity index (χ3v) is 5.69. The molecule has 24 heavy (non-hydrogen) atoms. The molecular weight excluding hydrogens is 316 g/mol. The molecular formula is C20H26N2OS. The van der Waals surface area contributed by atoms with E-state index in [1.165, 1.54) is 36.1 Å². The summed E-state index contributed by atoms with van der Waals surface area (Å²) in [4.78, 5) is 13.8. The summed E-state index contributed by atoms with van der Waals surface area (Å²) in [6, 6.07) is 6.22. The van der Waals surface area contributed by atoms with Crippen LogP contribution in [0.4, 0.5) is 0 Å². The van der Waals surface area contributed by atoms with Crippen molar-refractivity contribution < 1.29 is 4.79 Å². The predicted molar refractivity (Wildman–Crippen MR) is 101 cm³/mol. The fourth-order valence-corrected chi connectivity index (χ4v) is 4.09. The van der Waals surface area contributed by atoms with Crippen molar-refractivity contribution in [1.82, 2.24) is 9.88 Å². The molecule has 0 saturated heterocycles. The minimum atomic E-state index is 0.0527. The molecule has 1 N–H and O–H groups in total. The summed E-state index contributed by atoms with van der Waals surface area (Å²) in [7, 11) is 0. The molecule has 1 aliphatic carbocycles. The van der Waals surface area contributed by atoms with E-state index in [-0.39, 0.29) is 5.91 Å². The Hall–Kier alpha value is -1.81. The first-order chi connectivity index (χ1) is 11.6. The molecule has 0 fully saturated rings. The Morgan fingerprint density at radius 1 is 1.33 bits per heavy atom. The predicted octanol–water partition coefficient (Wildman–Crippen LogP) is 4.84. The van der Waals surface area contributed by atoms with Crippen LogP contribution in [0.5, 0.6) is 0 Å². The SMILES string of the molecule is Cc1cc(C(=O)NCCC2=CCCCC2)c(C)n1Cc1cccs1.